The first kappa shape index (κ1) is 9.67. The minimum atomic E-state index is -0.323. The second-order valence-corrected chi connectivity index (χ2v) is 3.31. The molecular weight excluding hydrogens is 194 g/mol. The van der Waals surface area contributed by atoms with E-state index in [1.54, 1.807) is 19.1 Å². The molecule has 1 atom stereocenters. The molecule has 0 aliphatic carbocycles. The summed E-state index contributed by atoms with van der Waals surface area (Å²) in [7, 11) is 0. The van der Waals surface area contributed by atoms with Gasteiger partial charge in [-0.15, -0.1) is 0 Å². The summed E-state index contributed by atoms with van der Waals surface area (Å²) in [5.74, 6) is -0.323. The van der Waals surface area contributed by atoms with Crippen LogP contribution < -0.4 is 10.4 Å². The second-order valence-electron chi connectivity index (χ2n) is 3.31. The van der Waals surface area contributed by atoms with Gasteiger partial charge in [0.1, 0.15) is 0 Å². The van der Waals surface area contributed by atoms with Gasteiger partial charge in [0.2, 0.25) is 0 Å². The normalized spacial score (nSPS) is 23.8. The Morgan fingerprint density at radius 2 is 2.07 bits per heavy atom. The molecule has 1 amide bonds. The van der Waals surface area contributed by atoms with E-state index >= 15 is 0 Å². The number of nitrogens with one attached hydrogen (secondary N) is 1. The number of hydrogen-bond acceptors (Lipinski definition) is 4. The zero-order valence-corrected chi connectivity index (χ0v) is 8.21. The van der Waals surface area contributed by atoms with Crippen molar-refractivity contribution in [3.63, 3.8) is 0 Å². The van der Waals surface area contributed by atoms with Crippen molar-refractivity contribution in [1.82, 2.24) is 5.43 Å². The van der Waals surface area contributed by atoms with Crippen molar-refractivity contribution in [1.29, 1.82) is 0 Å². The summed E-state index contributed by atoms with van der Waals surface area (Å²) in [5.41, 5.74) is 3.77. The Morgan fingerprint density at radius 3 is 2.60 bits per heavy atom. The van der Waals surface area contributed by atoms with Gasteiger partial charge in [0, 0.05) is 0 Å². The summed E-state index contributed by atoms with van der Waals surface area (Å²) in [4.78, 5) is 11.7. The highest BCUT2D eigenvalue weighted by molar-refractivity contribution is 6.47. The summed E-state index contributed by atoms with van der Waals surface area (Å²) >= 11 is 0. The van der Waals surface area contributed by atoms with E-state index in [0.29, 0.717) is 0 Å². The van der Waals surface area contributed by atoms with Crippen molar-refractivity contribution in [2.24, 2.45) is 5.16 Å². The molecule has 1 aromatic rings. The van der Waals surface area contributed by atoms with Crippen LogP contribution in [0.15, 0.2) is 35.5 Å². The molecule has 15 heavy (non-hydrogen) atoms. The van der Waals surface area contributed by atoms with Crippen LogP contribution >= 0.6 is 0 Å². The van der Waals surface area contributed by atoms with Crippen LogP contribution in [-0.2, 0) is 4.79 Å². The number of nitrogens with zero attached hydrogens (tertiary/aromatic N) is 2. The van der Waals surface area contributed by atoms with E-state index < -0.39 is 0 Å². The second kappa shape index (κ2) is 3.70. The van der Waals surface area contributed by atoms with Crippen molar-refractivity contribution in [3.05, 3.63) is 30.3 Å². The molecule has 2 rings (SSSR count). The highest BCUT2D eigenvalue weighted by Gasteiger charge is 2.35. The van der Waals surface area contributed by atoms with Gasteiger partial charge >= 0.3 is 0 Å². The zero-order valence-electron chi connectivity index (χ0n) is 8.21. The molecule has 0 bridgehead atoms. The lowest BCUT2D eigenvalue weighted by molar-refractivity contribution is -0.112. The quantitative estimate of drug-likeness (QED) is 0.525. The van der Waals surface area contributed by atoms with Crippen LogP contribution in [0.2, 0.25) is 0 Å². The molecular formula is C10H11N3O2. The van der Waals surface area contributed by atoms with E-state index in [1.807, 2.05) is 18.2 Å². The number of benzene rings is 1. The van der Waals surface area contributed by atoms with Gasteiger partial charge < -0.3 is 5.21 Å². The maximum absolute atomic E-state index is 11.7. The van der Waals surface area contributed by atoms with E-state index in [4.69, 9.17) is 5.21 Å². The minimum absolute atomic E-state index is 0.124. The molecule has 78 valence electrons. The van der Waals surface area contributed by atoms with Gasteiger partial charge in [-0.05, 0) is 19.1 Å². The van der Waals surface area contributed by atoms with E-state index in [-0.39, 0.29) is 17.7 Å². The highest BCUT2D eigenvalue weighted by atomic mass is 16.4. The molecule has 0 spiro atoms. The molecule has 5 heteroatoms. The Bertz CT molecular complexity index is 402. The first-order chi connectivity index (χ1) is 7.24. The molecule has 1 heterocycles. The maximum Gasteiger partial charge on any atom is 0.292 e. The molecule has 0 saturated carbocycles. The molecule has 0 radical (unpaired) electrons. The van der Waals surface area contributed by atoms with Crippen LogP contribution in [0.1, 0.15) is 6.92 Å². The van der Waals surface area contributed by atoms with Gasteiger partial charge in [-0.1, -0.05) is 23.4 Å². The fourth-order valence-corrected chi connectivity index (χ4v) is 1.51. The topological polar surface area (TPSA) is 64.9 Å². The zero-order chi connectivity index (χ0) is 10.8. The number of carbonyl (C=O) groups excluding carboxylic acids is 1. The van der Waals surface area contributed by atoms with Crippen LogP contribution in [0.25, 0.3) is 0 Å². The third-order valence-corrected chi connectivity index (χ3v) is 2.28. The van der Waals surface area contributed by atoms with Crippen LogP contribution in [-0.4, -0.2) is 22.9 Å². The average Bonchev–Trinajstić information content (AvgIpc) is 2.55. The van der Waals surface area contributed by atoms with E-state index in [9.17, 15) is 4.79 Å². The molecule has 1 aromatic carbocycles. The minimum Gasteiger partial charge on any atom is -0.410 e. The van der Waals surface area contributed by atoms with Crippen molar-refractivity contribution >= 4 is 17.3 Å². The summed E-state index contributed by atoms with van der Waals surface area (Å²) in [6, 6.07) is 8.87. The molecule has 1 aliphatic rings. The number of anilines is 1. The lowest BCUT2D eigenvalue weighted by Gasteiger charge is -2.15. The third kappa shape index (κ3) is 1.57. The fraction of sp³-hybridized carbons (Fsp3) is 0.200. The van der Waals surface area contributed by atoms with Crippen LogP contribution in [0.5, 0.6) is 0 Å². The van der Waals surface area contributed by atoms with Crippen LogP contribution in [0.4, 0.5) is 5.69 Å². The summed E-state index contributed by atoms with van der Waals surface area (Å²) < 4.78 is 0. The van der Waals surface area contributed by atoms with Gasteiger partial charge in [-0.2, -0.15) is 0 Å². The van der Waals surface area contributed by atoms with E-state index in [2.05, 4.69) is 10.6 Å². The van der Waals surface area contributed by atoms with Crippen LogP contribution in [0, 0.1) is 0 Å². The summed E-state index contributed by atoms with van der Waals surface area (Å²) in [6.07, 6.45) is 0. The number of carbonyl (C=O) groups is 1. The monoisotopic (exact) mass is 205 g/mol. The van der Waals surface area contributed by atoms with Crippen molar-refractivity contribution in [2.75, 3.05) is 5.01 Å². The summed E-state index contributed by atoms with van der Waals surface area (Å²) in [6.45, 7) is 1.76. The highest BCUT2D eigenvalue weighted by Crippen LogP contribution is 2.16. The molecule has 1 fully saturated rings. The van der Waals surface area contributed by atoms with Gasteiger partial charge in [0.15, 0.2) is 5.71 Å². The SMILES string of the molecule is C[C@@H]1NN(c2ccccc2)C(=O)/C1=N/O. The van der Waals surface area contributed by atoms with E-state index in [1.165, 1.54) is 5.01 Å². The van der Waals surface area contributed by atoms with Gasteiger partial charge in [-0.3, -0.25) is 4.79 Å². The molecule has 0 aromatic heterocycles. The van der Waals surface area contributed by atoms with Gasteiger partial charge in [0.25, 0.3) is 5.91 Å². The smallest absolute Gasteiger partial charge is 0.292 e. The van der Waals surface area contributed by atoms with Crippen molar-refractivity contribution < 1.29 is 10.0 Å². The first-order valence-electron chi connectivity index (χ1n) is 4.61. The predicted octanol–water partition coefficient (Wildman–Crippen LogP) is 0.756. The summed E-state index contributed by atoms with van der Waals surface area (Å²) in [5, 5.41) is 13.0. The number of para-hydroxylation sites is 1. The van der Waals surface area contributed by atoms with Crippen molar-refractivity contribution in [3.8, 4) is 0 Å². The molecule has 1 aliphatic heterocycles. The first-order valence-corrected chi connectivity index (χ1v) is 4.61. The Labute approximate surface area is 87.0 Å². The van der Waals surface area contributed by atoms with Crippen molar-refractivity contribution in [2.45, 2.75) is 13.0 Å². The average molecular weight is 205 g/mol. The number of hydrazine groups is 1. The molecule has 2 N–H and O–H groups in total. The predicted molar refractivity (Wildman–Crippen MR) is 55.7 cm³/mol. The number of amides is 1. The largest absolute Gasteiger partial charge is 0.410 e. The van der Waals surface area contributed by atoms with Gasteiger partial charge in [0.05, 0.1) is 11.7 Å². The van der Waals surface area contributed by atoms with E-state index in [0.717, 1.165) is 5.69 Å². The lowest BCUT2D eigenvalue weighted by Crippen LogP contribution is -2.36. The van der Waals surface area contributed by atoms with Crippen LogP contribution in [0.3, 0.4) is 0 Å². The Kier molecular flexibility index (Phi) is 2.39. The molecule has 0 unspecified atom stereocenters. The molecule has 1 saturated heterocycles. The lowest BCUT2D eigenvalue weighted by atomic mass is 10.2. The number of oxime groups is 1. The number of rotatable bonds is 1. The standard InChI is InChI=1S/C10H11N3O2/c1-7-9(12-15)10(14)13(11-7)8-5-3-2-4-6-8/h2-7,11,15H,1H3/b12-9+/t7-/m0/s1. The van der Waals surface area contributed by atoms with Gasteiger partial charge in [-0.25, -0.2) is 10.4 Å². The number of hydrogen-bond donors (Lipinski definition) is 2. The Morgan fingerprint density at radius 1 is 1.40 bits per heavy atom. The molecule has 5 nitrogen and oxygen atoms in total. The fourth-order valence-electron chi connectivity index (χ4n) is 1.51. The Balaban J connectivity index is 2.31. The Hall–Kier alpha value is -1.88. The maximum atomic E-state index is 11.7. The third-order valence-electron chi connectivity index (χ3n) is 2.28.